The highest BCUT2D eigenvalue weighted by Gasteiger charge is 2.14. The van der Waals surface area contributed by atoms with Crippen molar-refractivity contribution in [2.75, 3.05) is 27.4 Å². The van der Waals surface area contributed by atoms with Gasteiger partial charge in [0.05, 0.1) is 19.8 Å². The van der Waals surface area contributed by atoms with E-state index in [-0.39, 0.29) is 6.04 Å². The van der Waals surface area contributed by atoms with Crippen molar-refractivity contribution in [1.29, 1.82) is 0 Å². The van der Waals surface area contributed by atoms with Crippen molar-refractivity contribution in [3.05, 3.63) is 29.3 Å². The fraction of sp³-hybridized carbons (Fsp3) is 0.571. The fourth-order valence-corrected chi connectivity index (χ4v) is 1.78. The van der Waals surface area contributed by atoms with E-state index in [0.717, 1.165) is 24.3 Å². The van der Waals surface area contributed by atoms with E-state index in [2.05, 4.69) is 37.4 Å². The van der Waals surface area contributed by atoms with Gasteiger partial charge < -0.3 is 14.8 Å². The van der Waals surface area contributed by atoms with Gasteiger partial charge in [-0.25, -0.2) is 0 Å². The van der Waals surface area contributed by atoms with Crippen LogP contribution in [0.3, 0.4) is 0 Å². The smallest absolute Gasteiger partial charge is 0.123 e. The van der Waals surface area contributed by atoms with Gasteiger partial charge in [0.2, 0.25) is 0 Å². The number of benzene rings is 1. The van der Waals surface area contributed by atoms with Crippen molar-refractivity contribution in [1.82, 2.24) is 5.32 Å². The molecular weight excluding hydrogens is 214 g/mol. The molecule has 0 aliphatic heterocycles. The number of rotatable bonds is 7. The molecule has 0 aliphatic carbocycles. The minimum Gasteiger partial charge on any atom is -0.496 e. The van der Waals surface area contributed by atoms with Gasteiger partial charge in [-0.2, -0.15) is 0 Å². The third-order valence-electron chi connectivity index (χ3n) is 2.75. The van der Waals surface area contributed by atoms with Crippen LogP contribution in [0.15, 0.2) is 18.2 Å². The Morgan fingerprint density at radius 3 is 2.71 bits per heavy atom. The molecule has 0 aromatic heterocycles. The number of hydrogen-bond acceptors (Lipinski definition) is 3. The minimum absolute atomic E-state index is 0.178. The predicted octanol–water partition coefficient (Wildman–Crippen LogP) is 2.69. The molecule has 0 heterocycles. The van der Waals surface area contributed by atoms with Crippen molar-refractivity contribution in [3.63, 3.8) is 0 Å². The molecule has 1 N–H and O–H groups in total. The van der Waals surface area contributed by atoms with E-state index in [9.17, 15) is 0 Å². The Balaban J connectivity index is 2.79. The lowest BCUT2D eigenvalue weighted by Gasteiger charge is -2.19. The summed E-state index contributed by atoms with van der Waals surface area (Å²) in [6.07, 6.45) is 1.04. The second-order valence-corrected chi connectivity index (χ2v) is 4.16. The van der Waals surface area contributed by atoms with E-state index in [1.807, 2.05) is 7.05 Å². The lowest BCUT2D eigenvalue weighted by Crippen LogP contribution is -2.22. The summed E-state index contributed by atoms with van der Waals surface area (Å²) in [6.45, 7) is 5.64. The van der Waals surface area contributed by atoms with Gasteiger partial charge in [-0.05, 0) is 32.0 Å². The van der Waals surface area contributed by atoms with Gasteiger partial charge in [-0.15, -0.1) is 0 Å². The summed E-state index contributed by atoms with van der Waals surface area (Å²) in [5.41, 5.74) is 2.35. The van der Waals surface area contributed by atoms with Crippen molar-refractivity contribution in [2.45, 2.75) is 26.3 Å². The maximum absolute atomic E-state index is 5.60. The van der Waals surface area contributed by atoms with Crippen LogP contribution in [0.25, 0.3) is 0 Å². The Morgan fingerprint density at radius 2 is 2.12 bits per heavy atom. The first-order valence-electron chi connectivity index (χ1n) is 6.12. The van der Waals surface area contributed by atoms with E-state index in [0.29, 0.717) is 6.61 Å². The van der Waals surface area contributed by atoms with Crippen LogP contribution >= 0.6 is 0 Å². The van der Waals surface area contributed by atoms with Crippen LogP contribution < -0.4 is 10.1 Å². The van der Waals surface area contributed by atoms with Crippen molar-refractivity contribution < 1.29 is 9.47 Å². The minimum atomic E-state index is 0.178. The summed E-state index contributed by atoms with van der Waals surface area (Å²) >= 11 is 0. The van der Waals surface area contributed by atoms with Crippen molar-refractivity contribution in [3.8, 4) is 5.75 Å². The predicted molar refractivity (Wildman–Crippen MR) is 70.6 cm³/mol. The van der Waals surface area contributed by atoms with Gasteiger partial charge in [-0.1, -0.05) is 19.1 Å². The molecule has 1 aromatic rings. The molecule has 17 heavy (non-hydrogen) atoms. The molecule has 1 atom stereocenters. The fourth-order valence-electron chi connectivity index (χ4n) is 1.78. The molecule has 0 aliphatic rings. The molecular formula is C14H23NO2. The van der Waals surface area contributed by atoms with Gasteiger partial charge in [0, 0.05) is 12.2 Å². The first kappa shape index (κ1) is 14.0. The van der Waals surface area contributed by atoms with Crippen LogP contribution in [0.2, 0.25) is 0 Å². The van der Waals surface area contributed by atoms with Gasteiger partial charge in [-0.3, -0.25) is 0 Å². The van der Waals surface area contributed by atoms with Crippen LogP contribution in [-0.2, 0) is 4.74 Å². The number of aryl methyl sites for hydroxylation is 1. The highest BCUT2D eigenvalue weighted by atomic mass is 16.5. The Morgan fingerprint density at radius 1 is 1.35 bits per heavy atom. The number of likely N-dealkylation sites (N-methyl/N-ethyl adjacent to an activating group) is 1. The lowest BCUT2D eigenvalue weighted by atomic mass is 10.0. The third kappa shape index (κ3) is 4.02. The molecule has 0 fully saturated rings. The lowest BCUT2D eigenvalue weighted by molar-refractivity contribution is 0.113. The zero-order chi connectivity index (χ0) is 12.7. The molecule has 96 valence electrons. The summed E-state index contributed by atoms with van der Waals surface area (Å²) in [5, 5.41) is 3.27. The first-order chi connectivity index (χ1) is 8.22. The maximum Gasteiger partial charge on any atom is 0.123 e. The molecule has 1 unspecified atom stereocenters. The van der Waals surface area contributed by atoms with Gasteiger partial charge >= 0.3 is 0 Å². The summed E-state index contributed by atoms with van der Waals surface area (Å²) < 4.78 is 11.0. The highest BCUT2D eigenvalue weighted by Crippen LogP contribution is 2.26. The van der Waals surface area contributed by atoms with E-state index in [4.69, 9.17) is 9.47 Å². The summed E-state index contributed by atoms with van der Waals surface area (Å²) in [5.74, 6) is 0.921. The van der Waals surface area contributed by atoms with Crippen LogP contribution in [0, 0.1) is 6.92 Å². The van der Waals surface area contributed by atoms with Gasteiger partial charge in [0.15, 0.2) is 0 Å². The normalized spacial score (nSPS) is 12.5. The monoisotopic (exact) mass is 237 g/mol. The summed E-state index contributed by atoms with van der Waals surface area (Å²) in [6, 6.07) is 6.43. The van der Waals surface area contributed by atoms with Crippen molar-refractivity contribution in [2.24, 2.45) is 0 Å². The zero-order valence-electron chi connectivity index (χ0n) is 11.2. The molecule has 3 nitrogen and oxygen atoms in total. The number of methoxy groups -OCH3 is 1. The number of nitrogens with one attached hydrogen (secondary N) is 1. The number of hydrogen-bond donors (Lipinski definition) is 1. The molecule has 0 bridgehead atoms. The SMILES string of the molecule is CCCOCC(NC)c1ccc(C)cc1OC. The quantitative estimate of drug-likeness (QED) is 0.740. The summed E-state index contributed by atoms with van der Waals surface area (Å²) in [4.78, 5) is 0. The molecule has 1 aromatic carbocycles. The Kier molecular flexibility index (Phi) is 6.01. The standard InChI is InChI=1S/C14H23NO2/c1-5-8-17-10-13(15-3)12-7-6-11(2)9-14(12)16-4/h6-7,9,13,15H,5,8,10H2,1-4H3. The van der Waals surface area contributed by atoms with E-state index < -0.39 is 0 Å². The second-order valence-electron chi connectivity index (χ2n) is 4.16. The average Bonchev–Trinajstić information content (AvgIpc) is 2.35. The number of ether oxygens (including phenoxy) is 2. The Hall–Kier alpha value is -1.06. The molecule has 0 spiro atoms. The van der Waals surface area contributed by atoms with Crippen LogP contribution in [-0.4, -0.2) is 27.4 Å². The van der Waals surface area contributed by atoms with Crippen LogP contribution in [0.1, 0.15) is 30.5 Å². The highest BCUT2D eigenvalue weighted by molar-refractivity contribution is 5.39. The molecule has 0 amide bonds. The zero-order valence-corrected chi connectivity index (χ0v) is 11.2. The van der Waals surface area contributed by atoms with E-state index in [1.165, 1.54) is 5.56 Å². The van der Waals surface area contributed by atoms with E-state index in [1.54, 1.807) is 7.11 Å². The molecule has 3 heteroatoms. The Bertz CT molecular complexity index is 339. The first-order valence-corrected chi connectivity index (χ1v) is 6.12. The van der Waals surface area contributed by atoms with Gasteiger partial charge in [0.1, 0.15) is 5.75 Å². The third-order valence-corrected chi connectivity index (χ3v) is 2.75. The second kappa shape index (κ2) is 7.30. The molecule has 0 radical (unpaired) electrons. The van der Waals surface area contributed by atoms with Crippen molar-refractivity contribution >= 4 is 0 Å². The average molecular weight is 237 g/mol. The topological polar surface area (TPSA) is 30.5 Å². The van der Waals surface area contributed by atoms with E-state index >= 15 is 0 Å². The molecule has 0 saturated heterocycles. The van der Waals surface area contributed by atoms with Gasteiger partial charge in [0.25, 0.3) is 0 Å². The van der Waals surface area contributed by atoms with Crippen LogP contribution in [0.5, 0.6) is 5.75 Å². The molecule has 1 rings (SSSR count). The summed E-state index contributed by atoms with van der Waals surface area (Å²) in [7, 11) is 3.65. The molecule has 0 saturated carbocycles. The maximum atomic E-state index is 5.60. The Labute approximate surface area is 104 Å². The van der Waals surface area contributed by atoms with Crippen LogP contribution in [0.4, 0.5) is 0 Å². The largest absolute Gasteiger partial charge is 0.496 e.